The molecule has 0 aliphatic heterocycles. The van der Waals surface area contributed by atoms with Crippen LogP contribution >= 0.6 is 11.3 Å². The number of hydrogen-bond acceptors (Lipinski definition) is 4. The minimum Gasteiger partial charge on any atom is -0.473 e. The number of ether oxygens (including phenoxy) is 1. The summed E-state index contributed by atoms with van der Waals surface area (Å²) in [6.07, 6.45) is 9.82. The van der Waals surface area contributed by atoms with Crippen molar-refractivity contribution >= 4 is 11.3 Å². The summed E-state index contributed by atoms with van der Waals surface area (Å²) in [6.45, 7) is 0. The monoisotopic (exact) mass is 240 g/mol. The van der Waals surface area contributed by atoms with Gasteiger partial charge in [0.25, 0.3) is 5.19 Å². The maximum absolute atomic E-state index is 6.21. The molecule has 3 nitrogen and oxygen atoms in total. The van der Waals surface area contributed by atoms with Gasteiger partial charge in [-0.2, -0.15) is 0 Å². The minimum absolute atomic E-state index is 0.143. The van der Waals surface area contributed by atoms with Crippen LogP contribution in [0.5, 0.6) is 5.19 Å². The molecule has 2 rings (SSSR count). The van der Waals surface area contributed by atoms with Crippen molar-refractivity contribution in [1.82, 2.24) is 4.98 Å². The third-order valence-electron chi connectivity index (χ3n) is 3.35. The molecule has 0 radical (unpaired) electrons. The van der Waals surface area contributed by atoms with E-state index in [1.54, 1.807) is 18.4 Å². The Labute approximate surface area is 101 Å². The maximum atomic E-state index is 6.21. The summed E-state index contributed by atoms with van der Waals surface area (Å²) in [5.41, 5.74) is 6.21. The van der Waals surface area contributed by atoms with Gasteiger partial charge in [0.05, 0.1) is 7.11 Å². The third kappa shape index (κ3) is 2.95. The second kappa shape index (κ2) is 5.64. The van der Waals surface area contributed by atoms with Crippen LogP contribution in [-0.4, -0.2) is 12.1 Å². The van der Waals surface area contributed by atoms with E-state index < -0.39 is 0 Å². The molecule has 0 spiro atoms. The molecule has 1 aliphatic carbocycles. The largest absolute Gasteiger partial charge is 0.473 e. The lowest BCUT2D eigenvalue weighted by Gasteiger charge is -2.23. The molecule has 90 valence electrons. The van der Waals surface area contributed by atoms with E-state index in [9.17, 15) is 0 Å². The highest BCUT2D eigenvalue weighted by atomic mass is 32.1. The Hall–Kier alpha value is -0.610. The van der Waals surface area contributed by atoms with Gasteiger partial charge in [-0.15, -0.1) is 0 Å². The standard InChI is InChI=1S/C12H20N2OS/c1-15-12-14-8-11(16-12)10(13)7-9-5-3-2-4-6-9/h8-10H,2-7,13H2,1H3. The third-order valence-corrected chi connectivity index (χ3v) is 4.45. The lowest BCUT2D eigenvalue weighted by Crippen LogP contribution is -2.16. The van der Waals surface area contributed by atoms with Crippen LogP contribution in [0.3, 0.4) is 0 Å². The number of thiazole rings is 1. The molecule has 0 saturated heterocycles. The molecule has 4 heteroatoms. The number of nitrogens with two attached hydrogens (primary N) is 1. The van der Waals surface area contributed by atoms with Crippen molar-refractivity contribution in [3.05, 3.63) is 11.1 Å². The van der Waals surface area contributed by atoms with E-state index in [0.29, 0.717) is 5.19 Å². The quantitative estimate of drug-likeness (QED) is 0.879. The fraction of sp³-hybridized carbons (Fsp3) is 0.750. The zero-order valence-corrected chi connectivity index (χ0v) is 10.6. The highest BCUT2D eigenvalue weighted by Crippen LogP contribution is 2.33. The van der Waals surface area contributed by atoms with Gasteiger partial charge in [0, 0.05) is 17.1 Å². The maximum Gasteiger partial charge on any atom is 0.273 e. The number of methoxy groups -OCH3 is 1. The van der Waals surface area contributed by atoms with Gasteiger partial charge in [-0.1, -0.05) is 43.4 Å². The molecule has 1 heterocycles. The summed E-state index contributed by atoms with van der Waals surface area (Å²) in [5, 5.41) is 0.717. The van der Waals surface area contributed by atoms with Gasteiger partial charge in [0.2, 0.25) is 0 Å². The van der Waals surface area contributed by atoms with E-state index in [-0.39, 0.29) is 6.04 Å². The first-order valence-electron chi connectivity index (χ1n) is 6.05. The molecule has 1 aromatic heterocycles. The predicted molar refractivity (Wildman–Crippen MR) is 66.8 cm³/mol. The summed E-state index contributed by atoms with van der Waals surface area (Å²) in [5.74, 6) is 0.817. The van der Waals surface area contributed by atoms with Gasteiger partial charge >= 0.3 is 0 Å². The van der Waals surface area contributed by atoms with Crippen molar-refractivity contribution in [2.45, 2.75) is 44.6 Å². The van der Waals surface area contributed by atoms with E-state index in [1.807, 2.05) is 6.20 Å². The molecule has 0 bridgehead atoms. The highest BCUT2D eigenvalue weighted by molar-refractivity contribution is 7.13. The second-order valence-electron chi connectivity index (χ2n) is 4.58. The molecule has 1 unspecified atom stereocenters. The Morgan fingerprint density at radius 1 is 1.50 bits per heavy atom. The fourth-order valence-corrected chi connectivity index (χ4v) is 3.18. The number of aromatic nitrogens is 1. The smallest absolute Gasteiger partial charge is 0.273 e. The van der Waals surface area contributed by atoms with E-state index >= 15 is 0 Å². The topological polar surface area (TPSA) is 48.1 Å². The van der Waals surface area contributed by atoms with Crippen LogP contribution in [0.25, 0.3) is 0 Å². The molecule has 2 N–H and O–H groups in total. The predicted octanol–water partition coefficient (Wildman–Crippen LogP) is 3.12. The van der Waals surface area contributed by atoms with Crippen molar-refractivity contribution in [3.63, 3.8) is 0 Å². The van der Waals surface area contributed by atoms with Crippen LogP contribution in [-0.2, 0) is 0 Å². The Morgan fingerprint density at radius 2 is 2.25 bits per heavy atom. The Bertz CT molecular complexity index is 321. The molecule has 1 atom stereocenters. The first-order chi connectivity index (χ1) is 7.79. The van der Waals surface area contributed by atoms with Gasteiger partial charge in [-0.05, 0) is 12.3 Å². The van der Waals surface area contributed by atoms with Crippen LogP contribution in [0, 0.1) is 5.92 Å². The van der Waals surface area contributed by atoms with Crippen LogP contribution < -0.4 is 10.5 Å². The molecular weight excluding hydrogens is 220 g/mol. The number of rotatable bonds is 4. The fourth-order valence-electron chi connectivity index (χ4n) is 2.43. The van der Waals surface area contributed by atoms with E-state index in [4.69, 9.17) is 10.5 Å². The Morgan fingerprint density at radius 3 is 2.88 bits per heavy atom. The van der Waals surface area contributed by atoms with E-state index in [2.05, 4.69) is 4.98 Å². The SMILES string of the molecule is COc1ncc(C(N)CC2CCCCC2)s1. The van der Waals surface area contributed by atoms with Gasteiger partial charge in [0.15, 0.2) is 0 Å². The van der Waals surface area contributed by atoms with Crippen molar-refractivity contribution < 1.29 is 4.74 Å². The lowest BCUT2D eigenvalue weighted by molar-refractivity contribution is 0.320. The normalized spacial score (nSPS) is 19.6. The van der Waals surface area contributed by atoms with Gasteiger partial charge < -0.3 is 10.5 Å². The molecule has 0 aromatic carbocycles. The summed E-state index contributed by atoms with van der Waals surface area (Å²) >= 11 is 1.57. The summed E-state index contributed by atoms with van der Waals surface area (Å²) in [4.78, 5) is 5.32. The molecule has 1 aromatic rings. The van der Waals surface area contributed by atoms with Crippen molar-refractivity contribution in [3.8, 4) is 5.19 Å². The average Bonchev–Trinajstić information content (AvgIpc) is 2.79. The van der Waals surface area contributed by atoms with Crippen LogP contribution in [0.4, 0.5) is 0 Å². The molecular formula is C12H20N2OS. The van der Waals surface area contributed by atoms with Crippen LogP contribution in [0.2, 0.25) is 0 Å². The Kier molecular flexibility index (Phi) is 4.18. The molecule has 1 aliphatic rings. The number of nitrogens with zero attached hydrogens (tertiary/aromatic N) is 1. The number of hydrogen-bond donors (Lipinski definition) is 1. The van der Waals surface area contributed by atoms with Crippen molar-refractivity contribution in [2.24, 2.45) is 11.7 Å². The van der Waals surface area contributed by atoms with E-state index in [0.717, 1.165) is 17.2 Å². The van der Waals surface area contributed by atoms with Crippen molar-refractivity contribution in [2.75, 3.05) is 7.11 Å². The minimum atomic E-state index is 0.143. The van der Waals surface area contributed by atoms with E-state index in [1.165, 1.54) is 32.1 Å². The molecule has 1 fully saturated rings. The van der Waals surface area contributed by atoms with Crippen LogP contribution in [0.1, 0.15) is 49.4 Å². The molecule has 0 amide bonds. The van der Waals surface area contributed by atoms with Gasteiger partial charge in [0.1, 0.15) is 0 Å². The second-order valence-corrected chi connectivity index (χ2v) is 5.60. The molecule has 1 saturated carbocycles. The Balaban J connectivity index is 1.88. The van der Waals surface area contributed by atoms with Crippen LogP contribution in [0.15, 0.2) is 6.20 Å². The highest BCUT2D eigenvalue weighted by Gasteiger charge is 2.19. The summed E-state index contributed by atoms with van der Waals surface area (Å²) in [7, 11) is 1.65. The van der Waals surface area contributed by atoms with Gasteiger partial charge in [-0.25, -0.2) is 4.98 Å². The first-order valence-corrected chi connectivity index (χ1v) is 6.86. The summed E-state index contributed by atoms with van der Waals surface area (Å²) in [6, 6.07) is 0.143. The van der Waals surface area contributed by atoms with Crippen molar-refractivity contribution in [1.29, 1.82) is 0 Å². The summed E-state index contributed by atoms with van der Waals surface area (Å²) < 4.78 is 5.09. The first kappa shape index (κ1) is 11.9. The molecule has 16 heavy (non-hydrogen) atoms. The zero-order chi connectivity index (χ0) is 11.4. The van der Waals surface area contributed by atoms with Gasteiger partial charge in [-0.3, -0.25) is 0 Å². The average molecular weight is 240 g/mol. The lowest BCUT2D eigenvalue weighted by atomic mass is 9.85. The zero-order valence-electron chi connectivity index (χ0n) is 9.82.